The molecule has 5 N–H and O–H groups in total. The van der Waals surface area contributed by atoms with E-state index in [2.05, 4.69) is 21.3 Å². The molecule has 0 saturated carbocycles. The molecule has 0 saturated heterocycles. The van der Waals surface area contributed by atoms with Crippen LogP contribution in [0.4, 0.5) is 13.6 Å². The van der Waals surface area contributed by atoms with Crippen molar-refractivity contribution in [2.45, 2.75) is 44.9 Å². The zero-order valence-corrected chi connectivity index (χ0v) is 26.2. The quantitative estimate of drug-likeness (QED) is 0.127. The third kappa shape index (κ3) is 10.6. The fourth-order valence-electron chi connectivity index (χ4n) is 4.81. The summed E-state index contributed by atoms with van der Waals surface area (Å²) in [5.74, 6) is -3.26. The van der Waals surface area contributed by atoms with Gasteiger partial charge >= 0.3 is 6.09 Å². The Morgan fingerprint density at radius 3 is 1.83 bits per heavy atom. The fraction of sp³-hybridized carbons (Fsp3) is 0.222. The number of hydrogen-bond acceptors (Lipinski definition) is 5. The summed E-state index contributed by atoms with van der Waals surface area (Å²) in [6, 6.07) is 23.1. The lowest BCUT2D eigenvalue weighted by Crippen LogP contribution is -2.55. The van der Waals surface area contributed by atoms with E-state index < -0.39 is 47.5 Å². The van der Waals surface area contributed by atoms with Gasteiger partial charge in [0.05, 0.1) is 6.61 Å². The first kappa shape index (κ1) is 35.1. The molecule has 0 fully saturated rings. The minimum atomic E-state index is -1.22. The second-order valence-corrected chi connectivity index (χ2v) is 10.9. The van der Waals surface area contributed by atoms with Gasteiger partial charge in [0.25, 0.3) is 5.91 Å². The van der Waals surface area contributed by atoms with Gasteiger partial charge in [0, 0.05) is 31.5 Å². The molecule has 0 radical (unpaired) electrons. The van der Waals surface area contributed by atoms with E-state index in [0.717, 1.165) is 17.7 Å². The van der Waals surface area contributed by atoms with Gasteiger partial charge in [0.1, 0.15) is 17.8 Å². The topological polar surface area (TPSA) is 146 Å². The Bertz CT molecular complexity index is 1700. The van der Waals surface area contributed by atoms with Crippen molar-refractivity contribution in [3.8, 4) is 5.75 Å². The molecule has 0 bridgehead atoms. The predicted molar refractivity (Wildman–Crippen MR) is 174 cm³/mol. The maximum atomic E-state index is 14.1. The first-order valence-electron chi connectivity index (χ1n) is 15.3. The van der Waals surface area contributed by atoms with E-state index in [-0.39, 0.29) is 31.5 Å². The zero-order chi connectivity index (χ0) is 34.5. The molecule has 0 aliphatic carbocycles. The molecule has 10 nitrogen and oxygen atoms in total. The van der Waals surface area contributed by atoms with Gasteiger partial charge in [0.15, 0.2) is 11.6 Å². The summed E-state index contributed by atoms with van der Waals surface area (Å²) in [6.45, 7) is 2.52. The summed E-state index contributed by atoms with van der Waals surface area (Å²) in [4.78, 5) is 51.2. The van der Waals surface area contributed by atoms with Crippen LogP contribution < -0.4 is 26.0 Å². The molecule has 48 heavy (non-hydrogen) atoms. The third-order valence-corrected chi connectivity index (χ3v) is 7.32. The fourth-order valence-corrected chi connectivity index (χ4v) is 4.81. The molecular formula is C36H36F2N4O6. The van der Waals surface area contributed by atoms with Gasteiger partial charge in [-0.05, 0) is 65.6 Å². The highest BCUT2D eigenvalue weighted by Crippen LogP contribution is 2.15. The Morgan fingerprint density at radius 2 is 1.23 bits per heavy atom. The van der Waals surface area contributed by atoms with Gasteiger partial charge in [-0.1, -0.05) is 60.7 Å². The lowest BCUT2D eigenvalue weighted by atomic mass is 10.0. The Labute approximate surface area is 276 Å². The van der Waals surface area contributed by atoms with Crippen LogP contribution in [0.3, 0.4) is 0 Å². The van der Waals surface area contributed by atoms with E-state index in [1.165, 1.54) is 6.07 Å². The molecule has 0 aromatic heterocycles. The van der Waals surface area contributed by atoms with E-state index in [1.54, 1.807) is 78.9 Å². The maximum Gasteiger partial charge on any atom is 0.404 e. The first-order valence-corrected chi connectivity index (χ1v) is 15.3. The van der Waals surface area contributed by atoms with Crippen molar-refractivity contribution in [3.05, 3.63) is 137 Å². The van der Waals surface area contributed by atoms with Crippen LogP contribution in [0.25, 0.3) is 0 Å². The molecule has 0 aliphatic heterocycles. The standard InChI is InChI=1S/C36H36F2N4O6/c1-2-48-28-15-12-23(13-16-28)19-32(41-33(43)27-6-4-3-5-7-27)35(45)42-31(20-26-14-17-29(37)30(38)18-26)34(44)39-21-24-8-10-25(11-9-24)22-40-36(46)47/h3-18,31-32,40H,2,19-22H2,1H3,(H,39,44)(H,41,43)(H,42,45)(H,46,47)/t31-,32+/m0/s1. The second kappa shape index (κ2) is 17.2. The van der Waals surface area contributed by atoms with Gasteiger partial charge < -0.3 is 31.1 Å². The van der Waals surface area contributed by atoms with E-state index in [1.807, 2.05) is 6.92 Å². The predicted octanol–water partition coefficient (Wildman–Crippen LogP) is 4.52. The van der Waals surface area contributed by atoms with E-state index in [9.17, 15) is 28.0 Å². The van der Waals surface area contributed by atoms with Crippen LogP contribution in [0.2, 0.25) is 0 Å². The summed E-state index contributed by atoms with van der Waals surface area (Å²) in [7, 11) is 0. The normalized spacial score (nSPS) is 11.9. The van der Waals surface area contributed by atoms with Crippen molar-refractivity contribution >= 4 is 23.8 Å². The van der Waals surface area contributed by atoms with Gasteiger partial charge in [-0.2, -0.15) is 0 Å². The number of rotatable bonds is 15. The first-order chi connectivity index (χ1) is 23.1. The molecule has 2 atom stereocenters. The molecule has 4 aromatic carbocycles. The number of ether oxygens (including phenoxy) is 1. The third-order valence-electron chi connectivity index (χ3n) is 7.32. The van der Waals surface area contributed by atoms with Crippen molar-refractivity contribution in [1.82, 2.24) is 21.3 Å². The van der Waals surface area contributed by atoms with Crippen LogP contribution in [-0.2, 0) is 35.5 Å². The largest absolute Gasteiger partial charge is 0.494 e. The van der Waals surface area contributed by atoms with E-state index in [4.69, 9.17) is 9.84 Å². The number of nitrogens with one attached hydrogen (secondary N) is 4. The van der Waals surface area contributed by atoms with Crippen molar-refractivity contribution in [1.29, 1.82) is 0 Å². The Kier molecular flexibility index (Phi) is 12.6. The van der Waals surface area contributed by atoms with Crippen molar-refractivity contribution < 1.29 is 37.8 Å². The molecule has 4 rings (SSSR count). The number of carboxylic acid groups (broad SMARTS) is 1. The maximum absolute atomic E-state index is 14.1. The average Bonchev–Trinajstić information content (AvgIpc) is 3.09. The minimum Gasteiger partial charge on any atom is -0.494 e. The van der Waals surface area contributed by atoms with Crippen LogP contribution in [0.1, 0.15) is 39.5 Å². The highest BCUT2D eigenvalue weighted by molar-refractivity contribution is 5.98. The summed E-state index contributed by atoms with van der Waals surface area (Å²) < 4.78 is 33.3. The highest BCUT2D eigenvalue weighted by Gasteiger charge is 2.28. The molecule has 4 aromatic rings. The van der Waals surface area contributed by atoms with E-state index >= 15 is 0 Å². The minimum absolute atomic E-state index is 0.0654. The van der Waals surface area contributed by atoms with Crippen LogP contribution >= 0.6 is 0 Å². The van der Waals surface area contributed by atoms with Gasteiger partial charge in [-0.25, -0.2) is 13.6 Å². The molecule has 0 unspecified atom stereocenters. The zero-order valence-electron chi connectivity index (χ0n) is 26.2. The Balaban J connectivity index is 1.53. The van der Waals surface area contributed by atoms with Crippen LogP contribution in [-0.4, -0.2) is 47.6 Å². The van der Waals surface area contributed by atoms with Crippen LogP contribution in [0, 0.1) is 11.6 Å². The molecule has 12 heteroatoms. The lowest BCUT2D eigenvalue weighted by Gasteiger charge is -2.24. The Hall–Kier alpha value is -5.78. The molecular weight excluding hydrogens is 622 g/mol. The van der Waals surface area contributed by atoms with Gasteiger partial charge in [-0.3, -0.25) is 14.4 Å². The Morgan fingerprint density at radius 1 is 0.667 bits per heavy atom. The second-order valence-electron chi connectivity index (χ2n) is 10.9. The number of carbonyl (C=O) groups excluding carboxylic acids is 3. The SMILES string of the molecule is CCOc1ccc(C[C@@H](NC(=O)c2ccccc2)C(=O)N[C@@H](Cc2ccc(F)c(F)c2)C(=O)NCc2ccc(CNC(=O)O)cc2)cc1. The monoisotopic (exact) mass is 658 g/mol. The summed E-state index contributed by atoms with van der Waals surface area (Å²) in [5, 5.41) is 19.3. The van der Waals surface area contributed by atoms with Gasteiger partial charge in [-0.15, -0.1) is 0 Å². The summed E-state index contributed by atoms with van der Waals surface area (Å²) in [6.07, 6.45) is -1.24. The van der Waals surface area contributed by atoms with E-state index in [0.29, 0.717) is 29.0 Å². The number of halogens is 2. The van der Waals surface area contributed by atoms with Crippen LogP contribution in [0.5, 0.6) is 5.75 Å². The number of carbonyl (C=O) groups is 4. The molecule has 0 spiro atoms. The van der Waals surface area contributed by atoms with Crippen molar-refractivity contribution in [3.63, 3.8) is 0 Å². The smallest absolute Gasteiger partial charge is 0.404 e. The van der Waals surface area contributed by atoms with Crippen LogP contribution in [0.15, 0.2) is 97.1 Å². The van der Waals surface area contributed by atoms with Gasteiger partial charge in [0.2, 0.25) is 11.8 Å². The number of hydrogen-bond donors (Lipinski definition) is 5. The average molecular weight is 659 g/mol. The number of benzene rings is 4. The summed E-state index contributed by atoms with van der Waals surface area (Å²) in [5.41, 5.74) is 2.73. The molecule has 250 valence electrons. The number of amides is 4. The highest BCUT2D eigenvalue weighted by atomic mass is 19.2. The van der Waals surface area contributed by atoms with Crippen molar-refractivity contribution in [2.24, 2.45) is 0 Å². The lowest BCUT2D eigenvalue weighted by molar-refractivity contribution is -0.130. The molecule has 4 amide bonds. The molecule has 0 heterocycles. The molecule has 0 aliphatic rings. The van der Waals surface area contributed by atoms with Crippen molar-refractivity contribution in [2.75, 3.05) is 6.61 Å². The summed E-state index contributed by atoms with van der Waals surface area (Å²) >= 11 is 0.